The summed E-state index contributed by atoms with van der Waals surface area (Å²) >= 11 is 0. The Hall–Kier alpha value is -1.34. The molecule has 2 rings (SSSR count). The lowest BCUT2D eigenvalue weighted by Crippen LogP contribution is -2.34. The molecule has 1 aromatic rings. The van der Waals surface area contributed by atoms with E-state index in [-0.39, 0.29) is 29.6 Å². The van der Waals surface area contributed by atoms with Crippen LogP contribution in [0.3, 0.4) is 0 Å². The maximum Gasteiger partial charge on any atom is 0.433 e. The topological polar surface area (TPSA) is 45.2 Å². The van der Waals surface area contributed by atoms with Crippen molar-refractivity contribution in [2.75, 3.05) is 26.2 Å². The molecule has 0 aliphatic carbocycles. The molecule has 8 heteroatoms. The molecule has 1 fully saturated rings. The van der Waals surface area contributed by atoms with Gasteiger partial charge in [0, 0.05) is 19.6 Å². The van der Waals surface area contributed by atoms with Crippen LogP contribution in [0.2, 0.25) is 0 Å². The normalized spacial score (nSPS) is 16.1. The Morgan fingerprint density at radius 3 is 2.62 bits per heavy atom. The van der Waals surface area contributed by atoms with E-state index >= 15 is 0 Å². The Bertz CT molecular complexity index is 500. The van der Waals surface area contributed by atoms with Crippen LogP contribution in [0.5, 0.6) is 0 Å². The third-order valence-corrected chi connectivity index (χ3v) is 3.23. The molecule has 1 aliphatic rings. The first kappa shape index (κ1) is 17.7. The molecule has 2 heterocycles. The molecular formula is C13H17ClF3N3O. The van der Waals surface area contributed by atoms with Gasteiger partial charge in [0.2, 0.25) is 0 Å². The fraction of sp³-hybridized carbons (Fsp3) is 0.538. The standard InChI is InChI=1S/C13H16F3N3O.ClH/c1-9-10(3-4-11(18-9)13(14,15)16)12(20)19-7-2-5-17-6-8-19;/h3-4,17H,2,5-8H2,1H3;1H. The second-order valence-electron chi connectivity index (χ2n) is 4.72. The predicted octanol–water partition coefficient (Wildman–Crippen LogP) is 2.27. The summed E-state index contributed by atoms with van der Waals surface area (Å²) < 4.78 is 37.6. The average molecular weight is 324 g/mol. The lowest BCUT2D eigenvalue weighted by Gasteiger charge is -2.21. The monoisotopic (exact) mass is 323 g/mol. The minimum Gasteiger partial charge on any atom is -0.337 e. The molecule has 0 atom stereocenters. The lowest BCUT2D eigenvalue weighted by molar-refractivity contribution is -0.141. The fourth-order valence-corrected chi connectivity index (χ4v) is 2.16. The third-order valence-electron chi connectivity index (χ3n) is 3.23. The highest BCUT2D eigenvalue weighted by Gasteiger charge is 2.33. The van der Waals surface area contributed by atoms with E-state index in [1.54, 1.807) is 4.90 Å². The number of hydrogen-bond acceptors (Lipinski definition) is 3. The first-order valence-corrected chi connectivity index (χ1v) is 6.44. The lowest BCUT2D eigenvalue weighted by atomic mass is 10.1. The average Bonchev–Trinajstić information content (AvgIpc) is 2.65. The van der Waals surface area contributed by atoms with Crippen LogP contribution in [-0.2, 0) is 6.18 Å². The number of pyridine rings is 1. The SMILES string of the molecule is Cc1nc(C(F)(F)F)ccc1C(=O)N1CCCNCC1.Cl. The number of amides is 1. The molecule has 4 nitrogen and oxygen atoms in total. The molecule has 118 valence electrons. The summed E-state index contributed by atoms with van der Waals surface area (Å²) in [6, 6.07) is 2.07. The second-order valence-corrected chi connectivity index (χ2v) is 4.72. The number of alkyl halides is 3. The van der Waals surface area contributed by atoms with E-state index in [1.165, 1.54) is 13.0 Å². The maximum absolute atomic E-state index is 12.5. The molecular weight excluding hydrogens is 307 g/mol. The van der Waals surface area contributed by atoms with Crippen molar-refractivity contribution in [2.24, 2.45) is 0 Å². The highest BCUT2D eigenvalue weighted by atomic mass is 35.5. The number of aryl methyl sites for hydroxylation is 1. The van der Waals surface area contributed by atoms with Crippen molar-refractivity contribution in [1.29, 1.82) is 0 Å². The largest absolute Gasteiger partial charge is 0.433 e. The molecule has 0 bridgehead atoms. The molecule has 0 radical (unpaired) electrons. The summed E-state index contributed by atoms with van der Waals surface area (Å²) in [7, 11) is 0. The van der Waals surface area contributed by atoms with Crippen molar-refractivity contribution in [1.82, 2.24) is 15.2 Å². The van der Waals surface area contributed by atoms with Crippen molar-refractivity contribution >= 4 is 18.3 Å². The van der Waals surface area contributed by atoms with Gasteiger partial charge in [-0.2, -0.15) is 13.2 Å². The van der Waals surface area contributed by atoms with Crippen molar-refractivity contribution in [3.8, 4) is 0 Å². The van der Waals surface area contributed by atoms with Crippen molar-refractivity contribution in [3.63, 3.8) is 0 Å². The molecule has 0 saturated carbocycles. The van der Waals surface area contributed by atoms with Gasteiger partial charge in [0.25, 0.3) is 5.91 Å². The number of hydrogen-bond donors (Lipinski definition) is 1. The van der Waals surface area contributed by atoms with Gasteiger partial charge in [0.05, 0.1) is 11.3 Å². The number of carbonyl (C=O) groups excluding carboxylic acids is 1. The molecule has 1 aliphatic heterocycles. The zero-order valence-electron chi connectivity index (χ0n) is 11.5. The first-order chi connectivity index (χ1) is 9.39. The Kier molecular flexibility index (Phi) is 5.98. The predicted molar refractivity (Wildman–Crippen MR) is 74.6 cm³/mol. The van der Waals surface area contributed by atoms with Gasteiger partial charge in [0.15, 0.2) is 0 Å². The zero-order valence-corrected chi connectivity index (χ0v) is 12.4. The van der Waals surface area contributed by atoms with Crippen LogP contribution >= 0.6 is 12.4 Å². The van der Waals surface area contributed by atoms with Crippen LogP contribution in [0.15, 0.2) is 12.1 Å². The number of rotatable bonds is 1. The van der Waals surface area contributed by atoms with E-state index in [0.717, 1.165) is 19.0 Å². The summed E-state index contributed by atoms with van der Waals surface area (Å²) in [6.07, 6.45) is -3.66. The number of nitrogens with zero attached hydrogens (tertiary/aromatic N) is 2. The van der Waals surface area contributed by atoms with Gasteiger partial charge in [-0.1, -0.05) is 0 Å². The molecule has 0 spiro atoms. The highest BCUT2D eigenvalue weighted by molar-refractivity contribution is 5.95. The van der Waals surface area contributed by atoms with Crippen LogP contribution < -0.4 is 5.32 Å². The molecule has 0 unspecified atom stereocenters. The van der Waals surface area contributed by atoms with E-state index in [1.807, 2.05) is 0 Å². The van der Waals surface area contributed by atoms with Crippen LogP contribution in [0.25, 0.3) is 0 Å². The van der Waals surface area contributed by atoms with Crippen LogP contribution in [0, 0.1) is 6.92 Å². The van der Waals surface area contributed by atoms with Gasteiger partial charge in [-0.05, 0) is 32.0 Å². The summed E-state index contributed by atoms with van der Waals surface area (Å²) in [6.45, 7) is 4.12. The summed E-state index contributed by atoms with van der Waals surface area (Å²) in [5.41, 5.74) is -0.619. The van der Waals surface area contributed by atoms with E-state index in [4.69, 9.17) is 0 Å². The molecule has 1 amide bonds. The van der Waals surface area contributed by atoms with Gasteiger partial charge in [-0.25, -0.2) is 4.98 Å². The molecule has 21 heavy (non-hydrogen) atoms. The minimum absolute atomic E-state index is 0. The first-order valence-electron chi connectivity index (χ1n) is 6.44. The number of carbonyl (C=O) groups is 1. The molecule has 1 saturated heterocycles. The van der Waals surface area contributed by atoms with Crippen molar-refractivity contribution in [3.05, 3.63) is 29.1 Å². The molecule has 1 N–H and O–H groups in total. The van der Waals surface area contributed by atoms with Crippen LogP contribution in [0.1, 0.15) is 28.2 Å². The maximum atomic E-state index is 12.5. The summed E-state index contributed by atoms with van der Waals surface area (Å²) in [5, 5.41) is 3.17. The van der Waals surface area contributed by atoms with Gasteiger partial charge >= 0.3 is 6.18 Å². The Morgan fingerprint density at radius 2 is 2.00 bits per heavy atom. The summed E-state index contributed by atoms with van der Waals surface area (Å²) in [5.74, 6) is -0.257. The van der Waals surface area contributed by atoms with Gasteiger partial charge in [-0.3, -0.25) is 4.79 Å². The number of nitrogens with one attached hydrogen (secondary N) is 1. The van der Waals surface area contributed by atoms with Gasteiger partial charge in [0.1, 0.15) is 5.69 Å². The van der Waals surface area contributed by atoms with E-state index in [2.05, 4.69) is 10.3 Å². The number of halogens is 4. The Morgan fingerprint density at radius 1 is 1.29 bits per heavy atom. The van der Waals surface area contributed by atoms with E-state index in [0.29, 0.717) is 19.6 Å². The smallest absolute Gasteiger partial charge is 0.337 e. The van der Waals surface area contributed by atoms with Gasteiger partial charge < -0.3 is 10.2 Å². The fourth-order valence-electron chi connectivity index (χ4n) is 2.16. The third kappa shape index (κ3) is 4.31. The highest BCUT2D eigenvalue weighted by Crippen LogP contribution is 2.28. The summed E-state index contributed by atoms with van der Waals surface area (Å²) in [4.78, 5) is 17.5. The number of aromatic nitrogens is 1. The van der Waals surface area contributed by atoms with Gasteiger partial charge in [-0.15, -0.1) is 12.4 Å². The Balaban J connectivity index is 0.00000220. The van der Waals surface area contributed by atoms with E-state index in [9.17, 15) is 18.0 Å². The van der Waals surface area contributed by atoms with Crippen LogP contribution in [0.4, 0.5) is 13.2 Å². The van der Waals surface area contributed by atoms with Crippen molar-refractivity contribution < 1.29 is 18.0 Å². The molecule has 0 aromatic carbocycles. The Labute approximate surface area is 127 Å². The minimum atomic E-state index is -4.49. The quantitative estimate of drug-likeness (QED) is 0.862. The van der Waals surface area contributed by atoms with Crippen LogP contribution in [-0.4, -0.2) is 42.0 Å². The van der Waals surface area contributed by atoms with E-state index < -0.39 is 11.9 Å². The van der Waals surface area contributed by atoms with Crippen molar-refractivity contribution in [2.45, 2.75) is 19.5 Å². The molecule has 1 aromatic heterocycles. The zero-order chi connectivity index (χ0) is 14.8. The second kappa shape index (κ2) is 7.09.